The van der Waals surface area contributed by atoms with Crippen LogP contribution in [0, 0.1) is 0 Å². The Labute approximate surface area is 130 Å². The van der Waals surface area contributed by atoms with Crippen LogP contribution < -0.4 is 11.1 Å². The Morgan fingerprint density at radius 2 is 1.76 bits per heavy atom. The lowest BCUT2D eigenvalue weighted by Crippen LogP contribution is -2.28. The molecule has 1 rings (SSSR count). The minimum Gasteiger partial charge on any atom is -0.378 e. The Kier molecular flexibility index (Phi) is 11.5. The van der Waals surface area contributed by atoms with E-state index in [4.69, 9.17) is 10.5 Å². The van der Waals surface area contributed by atoms with E-state index in [2.05, 4.69) is 5.32 Å². The maximum atomic E-state index is 11.3. The second-order valence-electron chi connectivity index (χ2n) is 6.14. The highest BCUT2D eigenvalue weighted by Gasteiger charge is 2.12. The average molecular weight is 298 g/mol. The monoisotopic (exact) mass is 298 g/mol. The van der Waals surface area contributed by atoms with Crippen molar-refractivity contribution in [2.75, 3.05) is 19.7 Å². The summed E-state index contributed by atoms with van der Waals surface area (Å²) in [5, 5.41) is 2.81. The minimum absolute atomic E-state index is 0.146. The van der Waals surface area contributed by atoms with Crippen molar-refractivity contribution in [3.63, 3.8) is 0 Å². The molecule has 4 heteroatoms. The highest BCUT2D eigenvalue weighted by molar-refractivity contribution is 5.75. The predicted octanol–water partition coefficient (Wildman–Crippen LogP) is 3.14. The normalized spacial score (nSPS) is 18.6. The van der Waals surface area contributed by atoms with Crippen LogP contribution in [0.4, 0.5) is 0 Å². The Bertz CT molecular complexity index is 253. The van der Waals surface area contributed by atoms with Gasteiger partial charge >= 0.3 is 0 Å². The summed E-state index contributed by atoms with van der Waals surface area (Å²) in [5.41, 5.74) is 5.34. The van der Waals surface area contributed by atoms with Crippen molar-refractivity contribution in [3.8, 4) is 0 Å². The first kappa shape index (κ1) is 18.4. The molecule has 4 nitrogen and oxygen atoms in total. The van der Waals surface area contributed by atoms with Crippen LogP contribution in [-0.4, -0.2) is 31.7 Å². The molecule has 1 unspecified atom stereocenters. The summed E-state index contributed by atoms with van der Waals surface area (Å²) in [6, 6.07) is 0. The fraction of sp³-hybridized carbons (Fsp3) is 0.941. The number of carbonyl (C=O) groups excluding carboxylic acids is 1. The van der Waals surface area contributed by atoms with Gasteiger partial charge in [-0.25, -0.2) is 0 Å². The molecule has 1 aliphatic heterocycles. The lowest BCUT2D eigenvalue weighted by Gasteiger charge is -2.22. The summed E-state index contributed by atoms with van der Waals surface area (Å²) in [6.07, 6.45) is 15.0. The first-order valence-electron chi connectivity index (χ1n) is 8.91. The molecule has 0 spiro atoms. The Morgan fingerprint density at radius 1 is 1.05 bits per heavy atom. The maximum absolute atomic E-state index is 11.3. The summed E-state index contributed by atoms with van der Waals surface area (Å²) in [5.74, 6) is 0.146. The van der Waals surface area contributed by atoms with Crippen LogP contribution in [0.1, 0.15) is 77.0 Å². The van der Waals surface area contributed by atoms with Crippen LogP contribution in [0.3, 0.4) is 0 Å². The zero-order valence-corrected chi connectivity index (χ0v) is 13.6. The highest BCUT2D eigenvalue weighted by Crippen LogP contribution is 2.19. The largest absolute Gasteiger partial charge is 0.378 e. The zero-order valence-electron chi connectivity index (χ0n) is 13.6. The molecule has 1 amide bonds. The van der Waals surface area contributed by atoms with Gasteiger partial charge in [-0.05, 0) is 32.1 Å². The Balaban J connectivity index is 1.77. The fourth-order valence-corrected chi connectivity index (χ4v) is 2.88. The Hall–Kier alpha value is -0.610. The van der Waals surface area contributed by atoms with Crippen molar-refractivity contribution in [1.82, 2.24) is 5.32 Å². The molecule has 0 aromatic carbocycles. The molecule has 1 fully saturated rings. The summed E-state index contributed by atoms with van der Waals surface area (Å²) < 4.78 is 5.74. The van der Waals surface area contributed by atoms with Gasteiger partial charge in [-0.2, -0.15) is 0 Å². The van der Waals surface area contributed by atoms with Crippen molar-refractivity contribution >= 4 is 5.91 Å². The molecular formula is C17H34N2O2. The Morgan fingerprint density at radius 3 is 2.43 bits per heavy atom. The second-order valence-corrected chi connectivity index (χ2v) is 6.14. The second kappa shape index (κ2) is 13.1. The molecule has 21 heavy (non-hydrogen) atoms. The molecule has 0 saturated carbocycles. The van der Waals surface area contributed by atoms with Gasteiger partial charge in [0.1, 0.15) is 0 Å². The standard InChI is InChI=1S/C17H34N2O2/c18-13-14-19-17(20)12-7-5-3-1-2-4-6-10-16-11-8-9-15-21-16/h16H,1-15,18H2,(H,19,20). The van der Waals surface area contributed by atoms with Crippen LogP contribution in [0.2, 0.25) is 0 Å². The van der Waals surface area contributed by atoms with Gasteiger partial charge < -0.3 is 15.8 Å². The van der Waals surface area contributed by atoms with Crippen molar-refractivity contribution < 1.29 is 9.53 Å². The molecular weight excluding hydrogens is 264 g/mol. The van der Waals surface area contributed by atoms with Gasteiger partial charge in [-0.15, -0.1) is 0 Å². The molecule has 1 saturated heterocycles. The number of rotatable bonds is 12. The van der Waals surface area contributed by atoms with E-state index in [-0.39, 0.29) is 5.91 Å². The first-order valence-corrected chi connectivity index (χ1v) is 8.91. The molecule has 3 N–H and O–H groups in total. The predicted molar refractivity (Wildman–Crippen MR) is 87.2 cm³/mol. The lowest BCUT2D eigenvalue weighted by molar-refractivity contribution is -0.121. The molecule has 0 bridgehead atoms. The van der Waals surface area contributed by atoms with E-state index in [9.17, 15) is 4.79 Å². The molecule has 1 heterocycles. The third kappa shape index (κ3) is 10.7. The summed E-state index contributed by atoms with van der Waals surface area (Å²) >= 11 is 0. The van der Waals surface area contributed by atoms with Crippen molar-refractivity contribution in [2.24, 2.45) is 5.73 Å². The number of ether oxygens (including phenoxy) is 1. The van der Waals surface area contributed by atoms with Crippen LogP contribution in [0.5, 0.6) is 0 Å². The molecule has 0 aromatic rings. The van der Waals surface area contributed by atoms with Crippen molar-refractivity contribution in [3.05, 3.63) is 0 Å². The van der Waals surface area contributed by atoms with Crippen LogP contribution in [0.15, 0.2) is 0 Å². The van der Waals surface area contributed by atoms with Crippen molar-refractivity contribution in [1.29, 1.82) is 0 Å². The van der Waals surface area contributed by atoms with Gasteiger partial charge in [0.25, 0.3) is 0 Å². The topological polar surface area (TPSA) is 64.3 Å². The molecule has 0 aliphatic carbocycles. The smallest absolute Gasteiger partial charge is 0.220 e. The number of carbonyl (C=O) groups is 1. The van der Waals surface area contributed by atoms with E-state index in [0.29, 0.717) is 25.6 Å². The highest BCUT2D eigenvalue weighted by atomic mass is 16.5. The van der Waals surface area contributed by atoms with E-state index < -0.39 is 0 Å². The van der Waals surface area contributed by atoms with Gasteiger partial charge in [-0.1, -0.05) is 38.5 Å². The maximum Gasteiger partial charge on any atom is 0.220 e. The number of nitrogens with two attached hydrogens (primary N) is 1. The van der Waals surface area contributed by atoms with Crippen LogP contribution in [-0.2, 0) is 9.53 Å². The van der Waals surface area contributed by atoms with Crippen molar-refractivity contribution in [2.45, 2.75) is 83.2 Å². The van der Waals surface area contributed by atoms with Gasteiger partial charge in [-0.3, -0.25) is 4.79 Å². The SMILES string of the molecule is NCCNC(=O)CCCCCCCCCC1CCCCO1. The minimum atomic E-state index is 0.146. The number of nitrogens with one attached hydrogen (secondary N) is 1. The fourth-order valence-electron chi connectivity index (χ4n) is 2.88. The third-order valence-corrected chi connectivity index (χ3v) is 4.17. The lowest BCUT2D eigenvalue weighted by atomic mass is 10.0. The molecule has 0 aromatic heterocycles. The summed E-state index contributed by atoms with van der Waals surface area (Å²) in [7, 11) is 0. The van der Waals surface area contributed by atoms with Crippen LogP contribution in [0.25, 0.3) is 0 Å². The van der Waals surface area contributed by atoms with E-state index in [1.165, 1.54) is 64.2 Å². The summed E-state index contributed by atoms with van der Waals surface area (Å²) in [6.45, 7) is 2.10. The van der Waals surface area contributed by atoms with E-state index in [1.54, 1.807) is 0 Å². The first-order chi connectivity index (χ1) is 10.3. The van der Waals surface area contributed by atoms with E-state index in [0.717, 1.165) is 13.0 Å². The van der Waals surface area contributed by atoms with Gasteiger partial charge in [0.05, 0.1) is 6.10 Å². The number of amides is 1. The van der Waals surface area contributed by atoms with Gasteiger partial charge in [0.15, 0.2) is 0 Å². The van der Waals surface area contributed by atoms with Gasteiger partial charge in [0.2, 0.25) is 5.91 Å². The van der Waals surface area contributed by atoms with E-state index >= 15 is 0 Å². The molecule has 124 valence electrons. The van der Waals surface area contributed by atoms with Crippen LogP contribution >= 0.6 is 0 Å². The third-order valence-electron chi connectivity index (χ3n) is 4.17. The van der Waals surface area contributed by atoms with E-state index in [1.807, 2.05) is 0 Å². The quantitative estimate of drug-likeness (QED) is 0.544. The molecule has 1 atom stereocenters. The number of hydrogen-bond donors (Lipinski definition) is 2. The molecule has 1 aliphatic rings. The number of hydrogen-bond acceptors (Lipinski definition) is 3. The van der Waals surface area contributed by atoms with Gasteiger partial charge in [0, 0.05) is 26.1 Å². The number of unbranched alkanes of at least 4 members (excludes halogenated alkanes) is 6. The average Bonchev–Trinajstić information content (AvgIpc) is 2.52. The zero-order chi connectivity index (χ0) is 15.2. The molecule has 0 radical (unpaired) electrons. The summed E-state index contributed by atoms with van der Waals surface area (Å²) in [4.78, 5) is 11.3.